The van der Waals surface area contributed by atoms with Crippen LogP contribution in [0.5, 0.6) is 0 Å². The van der Waals surface area contributed by atoms with Gasteiger partial charge in [0.2, 0.25) is 0 Å². The van der Waals surface area contributed by atoms with Crippen LogP contribution in [0, 0.1) is 0 Å². The van der Waals surface area contributed by atoms with Crippen molar-refractivity contribution in [3.63, 3.8) is 0 Å². The molecular weight excluding hydrogens is 264 g/mol. The minimum Gasteiger partial charge on any atom is -0.364 e. The smallest absolute Gasteiger partial charge is 0.257 e. The van der Waals surface area contributed by atoms with E-state index in [2.05, 4.69) is 29.4 Å². The number of aromatic nitrogens is 4. The van der Waals surface area contributed by atoms with Gasteiger partial charge in [0.05, 0.1) is 6.20 Å². The van der Waals surface area contributed by atoms with Crippen LogP contribution in [0.15, 0.2) is 24.7 Å². The maximum Gasteiger partial charge on any atom is 0.257 e. The Balaban J connectivity index is 1.88. The van der Waals surface area contributed by atoms with E-state index in [1.54, 1.807) is 12.4 Å². The molecule has 2 heterocycles. The zero-order valence-electron chi connectivity index (χ0n) is 11.6. The molecule has 2 rings (SSSR count). The second kappa shape index (κ2) is 6.49. The van der Waals surface area contributed by atoms with Crippen LogP contribution in [-0.2, 0) is 13.1 Å². The van der Waals surface area contributed by atoms with Crippen molar-refractivity contribution in [2.24, 2.45) is 0 Å². The number of anilines is 1. The first-order valence-electron chi connectivity index (χ1n) is 6.67. The third-order valence-electron chi connectivity index (χ3n) is 3.14. The van der Waals surface area contributed by atoms with Crippen molar-refractivity contribution in [2.45, 2.75) is 45.8 Å². The first kappa shape index (κ1) is 14.5. The number of hydrogen-bond donors (Lipinski definition) is 1. The van der Waals surface area contributed by atoms with Crippen molar-refractivity contribution in [1.82, 2.24) is 19.6 Å². The van der Waals surface area contributed by atoms with Gasteiger partial charge in [0.25, 0.3) is 6.43 Å². The molecule has 0 aliphatic rings. The summed E-state index contributed by atoms with van der Waals surface area (Å²) in [5, 5.41) is 11.5. The molecule has 0 radical (unpaired) electrons. The van der Waals surface area contributed by atoms with E-state index in [1.165, 1.54) is 4.68 Å². The van der Waals surface area contributed by atoms with Crippen LogP contribution in [-0.4, -0.2) is 26.0 Å². The standard InChI is InChI=1S/C13H19F2N5/c1-3-10(2)20-5-4-13(18-20)16-6-11-7-17-19(8-11)9-12(14)15/h4-5,7-8,10,12H,3,6,9H2,1-2H3,(H,16,18)/t10-/m0/s1. The number of alkyl halides is 2. The largest absolute Gasteiger partial charge is 0.364 e. The third-order valence-corrected chi connectivity index (χ3v) is 3.14. The maximum absolute atomic E-state index is 12.2. The molecule has 5 nitrogen and oxygen atoms in total. The van der Waals surface area contributed by atoms with Gasteiger partial charge in [-0.15, -0.1) is 0 Å². The zero-order valence-corrected chi connectivity index (χ0v) is 11.6. The number of halogens is 2. The summed E-state index contributed by atoms with van der Waals surface area (Å²) in [7, 11) is 0. The van der Waals surface area contributed by atoms with E-state index in [0.717, 1.165) is 17.8 Å². The van der Waals surface area contributed by atoms with Gasteiger partial charge in [-0.2, -0.15) is 10.2 Å². The lowest BCUT2D eigenvalue weighted by Gasteiger charge is -2.08. The zero-order chi connectivity index (χ0) is 14.5. The highest BCUT2D eigenvalue weighted by molar-refractivity contribution is 5.33. The fourth-order valence-corrected chi connectivity index (χ4v) is 1.80. The van der Waals surface area contributed by atoms with Gasteiger partial charge in [-0.3, -0.25) is 9.36 Å². The quantitative estimate of drug-likeness (QED) is 0.850. The van der Waals surface area contributed by atoms with Crippen molar-refractivity contribution in [3.8, 4) is 0 Å². The lowest BCUT2D eigenvalue weighted by Crippen LogP contribution is -2.07. The number of nitrogens with one attached hydrogen (secondary N) is 1. The van der Waals surface area contributed by atoms with Crippen molar-refractivity contribution in [3.05, 3.63) is 30.2 Å². The van der Waals surface area contributed by atoms with E-state index in [1.807, 2.05) is 16.9 Å². The SMILES string of the molecule is CC[C@H](C)n1ccc(NCc2cnn(CC(F)F)c2)n1. The van der Waals surface area contributed by atoms with Crippen molar-refractivity contribution in [1.29, 1.82) is 0 Å². The van der Waals surface area contributed by atoms with Gasteiger partial charge in [0.1, 0.15) is 12.4 Å². The molecule has 0 spiro atoms. The maximum atomic E-state index is 12.2. The van der Waals surface area contributed by atoms with Crippen LogP contribution in [0.4, 0.5) is 14.6 Å². The Morgan fingerprint density at radius 3 is 2.90 bits per heavy atom. The molecular formula is C13H19F2N5. The summed E-state index contributed by atoms with van der Waals surface area (Å²) in [6, 6.07) is 2.26. The predicted octanol–water partition coefficient (Wildman–Crippen LogP) is 2.93. The summed E-state index contributed by atoms with van der Waals surface area (Å²) in [6.07, 6.45) is 3.76. The van der Waals surface area contributed by atoms with E-state index < -0.39 is 6.43 Å². The van der Waals surface area contributed by atoms with E-state index in [9.17, 15) is 8.78 Å². The van der Waals surface area contributed by atoms with E-state index in [0.29, 0.717) is 12.6 Å². The Morgan fingerprint density at radius 1 is 1.40 bits per heavy atom. The topological polar surface area (TPSA) is 47.7 Å². The molecule has 20 heavy (non-hydrogen) atoms. The Bertz CT molecular complexity index is 534. The summed E-state index contributed by atoms with van der Waals surface area (Å²) in [5.74, 6) is 0.770. The fraction of sp³-hybridized carbons (Fsp3) is 0.538. The Morgan fingerprint density at radius 2 is 2.20 bits per heavy atom. The van der Waals surface area contributed by atoms with Crippen molar-refractivity contribution in [2.75, 3.05) is 5.32 Å². The van der Waals surface area contributed by atoms with Crippen LogP contribution in [0.1, 0.15) is 31.9 Å². The predicted molar refractivity (Wildman–Crippen MR) is 72.8 cm³/mol. The molecule has 0 saturated heterocycles. The van der Waals surface area contributed by atoms with E-state index in [-0.39, 0.29) is 6.54 Å². The molecule has 0 unspecified atom stereocenters. The highest BCUT2D eigenvalue weighted by atomic mass is 19.3. The molecule has 0 bridgehead atoms. The summed E-state index contributed by atoms with van der Waals surface area (Å²) < 4.78 is 27.6. The fourth-order valence-electron chi connectivity index (χ4n) is 1.80. The molecule has 110 valence electrons. The van der Waals surface area contributed by atoms with Gasteiger partial charge in [-0.1, -0.05) is 6.92 Å². The first-order valence-corrected chi connectivity index (χ1v) is 6.67. The molecule has 0 aliphatic carbocycles. The molecule has 2 aromatic heterocycles. The van der Waals surface area contributed by atoms with Crippen molar-refractivity contribution < 1.29 is 8.78 Å². The van der Waals surface area contributed by atoms with Gasteiger partial charge in [0, 0.05) is 36.6 Å². The molecule has 0 saturated carbocycles. The van der Waals surface area contributed by atoms with Gasteiger partial charge < -0.3 is 5.32 Å². The summed E-state index contributed by atoms with van der Waals surface area (Å²) >= 11 is 0. The van der Waals surface area contributed by atoms with Gasteiger partial charge in [-0.05, 0) is 13.3 Å². The number of rotatable bonds is 7. The van der Waals surface area contributed by atoms with Crippen molar-refractivity contribution >= 4 is 5.82 Å². The monoisotopic (exact) mass is 283 g/mol. The van der Waals surface area contributed by atoms with E-state index >= 15 is 0 Å². The van der Waals surface area contributed by atoms with Crippen LogP contribution in [0.2, 0.25) is 0 Å². The summed E-state index contributed by atoms with van der Waals surface area (Å²) in [5.41, 5.74) is 0.851. The number of hydrogen-bond acceptors (Lipinski definition) is 3. The summed E-state index contributed by atoms with van der Waals surface area (Å²) in [4.78, 5) is 0. The molecule has 0 amide bonds. The first-order chi connectivity index (χ1) is 9.58. The molecule has 0 aromatic carbocycles. The lowest BCUT2D eigenvalue weighted by atomic mass is 10.3. The highest BCUT2D eigenvalue weighted by Gasteiger charge is 2.07. The molecule has 1 atom stereocenters. The van der Waals surface area contributed by atoms with Gasteiger partial charge in [-0.25, -0.2) is 8.78 Å². The molecule has 2 aromatic rings. The van der Waals surface area contributed by atoms with Crippen LogP contribution in [0.3, 0.4) is 0 Å². The third kappa shape index (κ3) is 3.79. The Labute approximate surface area is 116 Å². The number of nitrogens with zero attached hydrogens (tertiary/aromatic N) is 4. The normalized spacial score (nSPS) is 12.8. The molecule has 1 N–H and O–H groups in total. The van der Waals surface area contributed by atoms with Gasteiger partial charge >= 0.3 is 0 Å². The van der Waals surface area contributed by atoms with Crippen LogP contribution in [0.25, 0.3) is 0 Å². The molecule has 0 aliphatic heterocycles. The molecule has 0 fully saturated rings. The van der Waals surface area contributed by atoms with Gasteiger partial charge in [0.15, 0.2) is 0 Å². The summed E-state index contributed by atoms with van der Waals surface area (Å²) in [6.45, 7) is 4.35. The second-order valence-corrected chi connectivity index (χ2v) is 4.75. The molecule has 7 heteroatoms. The average Bonchev–Trinajstić information content (AvgIpc) is 3.04. The Hall–Kier alpha value is -1.92. The highest BCUT2D eigenvalue weighted by Crippen LogP contribution is 2.12. The minimum absolute atomic E-state index is 0.361. The Kier molecular flexibility index (Phi) is 4.70. The van der Waals surface area contributed by atoms with Crippen LogP contribution < -0.4 is 5.32 Å². The van der Waals surface area contributed by atoms with Crippen LogP contribution >= 0.6 is 0 Å². The minimum atomic E-state index is -2.39. The lowest BCUT2D eigenvalue weighted by molar-refractivity contribution is 0.122. The average molecular weight is 283 g/mol. The van der Waals surface area contributed by atoms with E-state index in [4.69, 9.17) is 0 Å². The second-order valence-electron chi connectivity index (χ2n) is 4.75.